The summed E-state index contributed by atoms with van der Waals surface area (Å²) in [5.41, 5.74) is 2.87. The van der Waals surface area contributed by atoms with E-state index in [0.29, 0.717) is 13.0 Å². The molecule has 10 heteroatoms. The summed E-state index contributed by atoms with van der Waals surface area (Å²) < 4.78 is 34.5. The molecule has 3 aromatic rings. The summed E-state index contributed by atoms with van der Waals surface area (Å²) in [5.74, 6) is -0.621. The van der Waals surface area contributed by atoms with Gasteiger partial charge in [-0.15, -0.1) is 0 Å². The first-order valence-electron chi connectivity index (χ1n) is 13.1. The number of carbonyl (C=O) groups is 2. The summed E-state index contributed by atoms with van der Waals surface area (Å²) in [5, 5.41) is 3.07. The number of aryl methyl sites for hydroxylation is 2. The highest BCUT2D eigenvalue weighted by Crippen LogP contribution is 2.35. The van der Waals surface area contributed by atoms with Gasteiger partial charge >= 0.3 is 0 Å². The zero-order valence-electron chi connectivity index (χ0n) is 23.5. The standard InChI is InChI=1S/C30H36ClN3O5S/c1-6-26(30(36)32-7-2)33(19-23-12-8-21(3)9-13-23)29(35)20-34(27-18-24(31)14-17-28(27)39-5)40(37,38)25-15-10-22(4)11-16-25/h8-18,26H,6-7,19-20H2,1-5H3,(H,32,36). The van der Waals surface area contributed by atoms with Crippen LogP contribution in [-0.2, 0) is 26.2 Å². The first-order valence-corrected chi connectivity index (χ1v) is 14.9. The number of carbonyl (C=O) groups excluding carboxylic acids is 2. The number of amides is 2. The maximum atomic E-state index is 14.1. The molecule has 1 atom stereocenters. The van der Waals surface area contributed by atoms with Crippen LogP contribution in [0.25, 0.3) is 0 Å². The number of rotatable bonds is 12. The number of methoxy groups -OCH3 is 1. The van der Waals surface area contributed by atoms with Crippen molar-refractivity contribution in [1.82, 2.24) is 10.2 Å². The average molecular weight is 586 g/mol. The Morgan fingerprint density at radius 2 is 1.55 bits per heavy atom. The van der Waals surface area contributed by atoms with Crippen molar-refractivity contribution in [3.05, 3.63) is 88.4 Å². The fourth-order valence-electron chi connectivity index (χ4n) is 4.31. The van der Waals surface area contributed by atoms with Gasteiger partial charge < -0.3 is 15.0 Å². The number of nitrogens with one attached hydrogen (secondary N) is 1. The molecule has 0 saturated carbocycles. The molecule has 0 heterocycles. The Balaban J connectivity index is 2.12. The zero-order chi connectivity index (χ0) is 29.4. The molecule has 3 aromatic carbocycles. The molecular formula is C30H36ClN3O5S. The van der Waals surface area contributed by atoms with Gasteiger partial charge in [0.1, 0.15) is 18.3 Å². The van der Waals surface area contributed by atoms with E-state index in [9.17, 15) is 18.0 Å². The normalized spacial score (nSPS) is 11.9. The van der Waals surface area contributed by atoms with E-state index in [1.807, 2.05) is 45.0 Å². The number of likely N-dealkylation sites (N-methyl/N-ethyl adjacent to an activating group) is 1. The van der Waals surface area contributed by atoms with Gasteiger partial charge in [0.05, 0.1) is 17.7 Å². The molecule has 3 rings (SSSR count). The Morgan fingerprint density at radius 3 is 2.10 bits per heavy atom. The summed E-state index contributed by atoms with van der Waals surface area (Å²) in [6.45, 7) is 7.38. The predicted molar refractivity (Wildman–Crippen MR) is 158 cm³/mol. The number of hydrogen-bond donors (Lipinski definition) is 1. The molecule has 0 bridgehead atoms. The highest BCUT2D eigenvalue weighted by atomic mass is 35.5. The summed E-state index contributed by atoms with van der Waals surface area (Å²) in [4.78, 5) is 28.6. The molecule has 0 aliphatic carbocycles. The highest BCUT2D eigenvalue weighted by Gasteiger charge is 2.34. The number of benzene rings is 3. The molecule has 0 radical (unpaired) electrons. The van der Waals surface area contributed by atoms with E-state index in [4.69, 9.17) is 16.3 Å². The van der Waals surface area contributed by atoms with E-state index in [0.717, 1.165) is 21.0 Å². The molecule has 0 aliphatic heterocycles. The van der Waals surface area contributed by atoms with Crippen molar-refractivity contribution in [3.63, 3.8) is 0 Å². The van der Waals surface area contributed by atoms with Gasteiger partial charge in [0.2, 0.25) is 11.8 Å². The van der Waals surface area contributed by atoms with E-state index in [-0.39, 0.29) is 33.8 Å². The third kappa shape index (κ3) is 7.34. The predicted octanol–water partition coefficient (Wildman–Crippen LogP) is 5.10. The molecular weight excluding hydrogens is 550 g/mol. The fourth-order valence-corrected chi connectivity index (χ4v) is 5.89. The SMILES string of the molecule is CCNC(=O)C(CC)N(Cc1ccc(C)cc1)C(=O)CN(c1cc(Cl)ccc1OC)S(=O)(=O)c1ccc(C)cc1. The molecule has 0 aliphatic rings. The third-order valence-corrected chi connectivity index (χ3v) is 8.52. The minimum Gasteiger partial charge on any atom is -0.495 e. The molecule has 0 saturated heterocycles. The van der Waals surface area contributed by atoms with Gasteiger partial charge in [-0.3, -0.25) is 13.9 Å². The molecule has 40 heavy (non-hydrogen) atoms. The first-order chi connectivity index (χ1) is 19.0. The van der Waals surface area contributed by atoms with E-state index >= 15 is 0 Å². The van der Waals surface area contributed by atoms with Gasteiger partial charge in [-0.1, -0.05) is 66.0 Å². The fraction of sp³-hybridized carbons (Fsp3) is 0.333. The van der Waals surface area contributed by atoms with E-state index < -0.39 is 28.5 Å². The van der Waals surface area contributed by atoms with Crippen molar-refractivity contribution in [2.45, 2.75) is 51.6 Å². The lowest BCUT2D eigenvalue weighted by molar-refractivity contribution is -0.140. The van der Waals surface area contributed by atoms with Gasteiger partial charge in [-0.2, -0.15) is 0 Å². The second kappa shape index (κ2) is 13.7. The Kier molecular flexibility index (Phi) is 10.6. The van der Waals surface area contributed by atoms with Crippen LogP contribution >= 0.6 is 11.6 Å². The van der Waals surface area contributed by atoms with Crippen LogP contribution in [0.15, 0.2) is 71.6 Å². The number of sulfonamides is 1. The van der Waals surface area contributed by atoms with Gasteiger partial charge in [-0.05, 0) is 63.1 Å². The summed E-state index contributed by atoms with van der Waals surface area (Å²) in [6, 6.07) is 17.8. The Labute approximate surface area is 241 Å². The van der Waals surface area contributed by atoms with Crippen molar-refractivity contribution < 1.29 is 22.7 Å². The van der Waals surface area contributed by atoms with Crippen LogP contribution in [0.4, 0.5) is 5.69 Å². The van der Waals surface area contributed by atoms with Crippen LogP contribution in [0, 0.1) is 13.8 Å². The lowest BCUT2D eigenvalue weighted by Crippen LogP contribution is -2.52. The number of nitrogens with zero attached hydrogens (tertiary/aromatic N) is 2. The quantitative estimate of drug-likeness (QED) is 0.319. The smallest absolute Gasteiger partial charge is 0.264 e. The third-order valence-electron chi connectivity index (χ3n) is 6.51. The topological polar surface area (TPSA) is 96.0 Å². The maximum Gasteiger partial charge on any atom is 0.264 e. The maximum absolute atomic E-state index is 14.1. The van der Waals surface area contributed by atoms with E-state index in [1.165, 1.54) is 30.2 Å². The minimum atomic E-state index is -4.24. The van der Waals surface area contributed by atoms with Gasteiger partial charge in [-0.25, -0.2) is 8.42 Å². The lowest BCUT2D eigenvalue weighted by Gasteiger charge is -2.33. The molecule has 1 N–H and O–H groups in total. The largest absolute Gasteiger partial charge is 0.495 e. The van der Waals surface area contributed by atoms with Crippen LogP contribution in [0.5, 0.6) is 5.75 Å². The summed E-state index contributed by atoms with van der Waals surface area (Å²) in [7, 11) is -2.83. The van der Waals surface area contributed by atoms with Crippen molar-refractivity contribution in [3.8, 4) is 5.75 Å². The van der Waals surface area contributed by atoms with Crippen LogP contribution in [0.3, 0.4) is 0 Å². The number of hydrogen-bond acceptors (Lipinski definition) is 5. The van der Waals surface area contributed by atoms with E-state index in [2.05, 4.69) is 5.32 Å². The van der Waals surface area contributed by atoms with E-state index in [1.54, 1.807) is 31.2 Å². The number of halogens is 1. The molecule has 0 fully saturated rings. The minimum absolute atomic E-state index is 0.00813. The lowest BCUT2D eigenvalue weighted by atomic mass is 10.1. The number of anilines is 1. The second-order valence-electron chi connectivity index (χ2n) is 9.47. The second-order valence-corrected chi connectivity index (χ2v) is 11.8. The molecule has 2 amide bonds. The number of ether oxygens (including phenoxy) is 1. The van der Waals surface area contributed by atoms with Crippen LogP contribution < -0.4 is 14.4 Å². The molecule has 8 nitrogen and oxygen atoms in total. The van der Waals surface area contributed by atoms with Crippen LogP contribution in [-0.4, -0.2) is 51.4 Å². The van der Waals surface area contributed by atoms with Crippen molar-refractivity contribution in [1.29, 1.82) is 0 Å². The molecule has 214 valence electrons. The van der Waals surface area contributed by atoms with Crippen LogP contribution in [0.1, 0.15) is 37.0 Å². The first kappa shape index (κ1) is 31.0. The Morgan fingerprint density at radius 1 is 0.950 bits per heavy atom. The van der Waals surface area contributed by atoms with Gasteiger partial charge in [0.25, 0.3) is 10.0 Å². The van der Waals surface area contributed by atoms with Crippen molar-refractivity contribution in [2.24, 2.45) is 0 Å². The Hall–Kier alpha value is -3.56. The summed E-state index contributed by atoms with van der Waals surface area (Å²) >= 11 is 6.28. The summed E-state index contributed by atoms with van der Waals surface area (Å²) in [6.07, 6.45) is 0.342. The highest BCUT2D eigenvalue weighted by molar-refractivity contribution is 7.92. The molecule has 0 spiro atoms. The zero-order valence-corrected chi connectivity index (χ0v) is 25.1. The van der Waals surface area contributed by atoms with Gasteiger partial charge in [0.15, 0.2) is 0 Å². The molecule has 1 unspecified atom stereocenters. The Bertz CT molecular complexity index is 1430. The van der Waals surface area contributed by atoms with Crippen LogP contribution in [0.2, 0.25) is 5.02 Å². The van der Waals surface area contributed by atoms with Crippen molar-refractivity contribution in [2.75, 3.05) is 24.5 Å². The molecule has 0 aromatic heterocycles. The monoisotopic (exact) mass is 585 g/mol. The average Bonchev–Trinajstić information content (AvgIpc) is 2.92. The van der Waals surface area contributed by atoms with Gasteiger partial charge in [0, 0.05) is 18.1 Å². The van der Waals surface area contributed by atoms with Crippen molar-refractivity contribution >= 4 is 39.1 Å².